The van der Waals surface area contributed by atoms with Gasteiger partial charge >= 0.3 is 0 Å². The molecule has 0 saturated carbocycles. The highest BCUT2D eigenvalue weighted by atomic mass is 32.2. The van der Waals surface area contributed by atoms with Gasteiger partial charge in [-0.15, -0.1) is 11.8 Å². The van der Waals surface area contributed by atoms with Crippen LogP contribution in [0.15, 0.2) is 29.2 Å². The Morgan fingerprint density at radius 1 is 1.59 bits per heavy atom. The molecule has 17 heavy (non-hydrogen) atoms. The Hall–Kier alpha value is -0.750. The second-order valence-corrected chi connectivity index (χ2v) is 4.91. The van der Waals surface area contributed by atoms with Crippen molar-refractivity contribution in [1.29, 1.82) is 0 Å². The first-order chi connectivity index (χ1) is 8.35. The number of rotatable bonds is 5. The van der Waals surface area contributed by atoms with Gasteiger partial charge in [0, 0.05) is 17.3 Å². The molecule has 0 saturated heterocycles. The van der Waals surface area contributed by atoms with Gasteiger partial charge in [0.25, 0.3) is 0 Å². The highest BCUT2D eigenvalue weighted by Gasteiger charge is 2.27. The molecule has 2 atom stereocenters. The molecule has 0 fully saturated rings. The lowest BCUT2D eigenvalue weighted by molar-refractivity contribution is 0.0716. The minimum Gasteiger partial charge on any atom is -0.487 e. The molecule has 0 bridgehead atoms. The van der Waals surface area contributed by atoms with Gasteiger partial charge in [-0.05, 0) is 19.1 Å². The summed E-state index contributed by atoms with van der Waals surface area (Å²) in [7, 11) is 0. The van der Waals surface area contributed by atoms with E-state index in [1.165, 1.54) is 4.90 Å². The molecule has 0 spiro atoms. The van der Waals surface area contributed by atoms with Crippen molar-refractivity contribution in [2.45, 2.75) is 24.0 Å². The van der Waals surface area contributed by atoms with Crippen molar-refractivity contribution in [2.75, 3.05) is 19.0 Å². The smallest absolute Gasteiger partial charge is 0.133 e. The molecule has 2 rings (SSSR count). The molecule has 4 nitrogen and oxygen atoms in total. The third-order valence-corrected chi connectivity index (χ3v) is 3.84. The van der Waals surface area contributed by atoms with Crippen molar-refractivity contribution in [3.8, 4) is 5.75 Å². The first kappa shape index (κ1) is 12.7. The molecule has 1 aromatic carbocycles. The van der Waals surface area contributed by atoms with Crippen LogP contribution >= 0.6 is 11.8 Å². The minimum atomic E-state index is 0.0239. The van der Waals surface area contributed by atoms with Crippen molar-refractivity contribution >= 4 is 11.8 Å². The van der Waals surface area contributed by atoms with Gasteiger partial charge in [0.2, 0.25) is 0 Å². The first-order valence-electron chi connectivity index (χ1n) is 5.77. The summed E-state index contributed by atoms with van der Waals surface area (Å²) in [4.78, 5) is 1.19. The zero-order chi connectivity index (χ0) is 12.1. The van der Waals surface area contributed by atoms with Crippen molar-refractivity contribution < 1.29 is 9.47 Å². The van der Waals surface area contributed by atoms with Crippen molar-refractivity contribution in [3.63, 3.8) is 0 Å². The van der Waals surface area contributed by atoms with E-state index in [1.807, 2.05) is 25.1 Å². The minimum absolute atomic E-state index is 0.0239. The number of benzene rings is 1. The SMILES string of the molecule is CCOCC(NN)C1CSc2ccccc2O1. The second kappa shape index (κ2) is 6.26. The van der Waals surface area contributed by atoms with Gasteiger partial charge in [0.1, 0.15) is 11.9 Å². The topological polar surface area (TPSA) is 56.5 Å². The summed E-state index contributed by atoms with van der Waals surface area (Å²) < 4.78 is 11.3. The van der Waals surface area contributed by atoms with Gasteiger partial charge in [0.05, 0.1) is 12.6 Å². The largest absolute Gasteiger partial charge is 0.487 e. The summed E-state index contributed by atoms with van der Waals surface area (Å²) >= 11 is 1.80. The molecule has 0 aliphatic carbocycles. The van der Waals surface area contributed by atoms with Crippen LogP contribution in [0.5, 0.6) is 5.75 Å². The van der Waals surface area contributed by atoms with E-state index in [0.717, 1.165) is 11.5 Å². The van der Waals surface area contributed by atoms with Gasteiger partial charge in [-0.1, -0.05) is 12.1 Å². The highest BCUT2D eigenvalue weighted by molar-refractivity contribution is 7.99. The van der Waals surface area contributed by atoms with Gasteiger partial charge in [-0.25, -0.2) is 0 Å². The van der Waals surface area contributed by atoms with E-state index in [1.54, 1.807) is 11.8 Å². The quantitative estimate of drug-likeness (QED) is 0.614. The maximum atomic E-state index is 5.94. The lowest BCUT2D eigenvalue weighted by Crippen LogP contribution is -2.51. The van der Waals surface area contributed by atoms with E-state index in [0.29, 0.717) is 13.2 Å². The number of hydrogen-bond acceptors (Lipinski definition) is 5. The average molecular weight is 254 g/mol. The summed E-state index contributed by atoms with van der Waals surface area (Å²) in [6.45, 7) is 3.23. The van der Waals surface area contributed by atoms with Crippen molar-refractivity contribution in [3.05, 3.63) is 24.3 Å². The lowest BCUT2D eigenvalue weighted by atomic mass is 10.2. The van der Waals surface area contributed by atoms with Crippen LogP contribution in [0, 0.1) is 0 Å². The summed E-state index contributed by atoms with van der Waals surface area (Å²) in [6, 6.07) is 8.09. The van der Waals surface area contributed by atoms with E-state index in [-0.39, 0.29) is 12.1 Å². The fourth-order valence-electron chi connectivity index (χ4n) is 1.74. The number of fused-ring (bicyclic) bond motifs is 1. The Bertz CT molecular complexity index is 362. The molecule has 1 aliphatic heterocycles. The summed E-state index contributed by atoms with van der Waals surface area (Å²) in [5.41, 5.74) is 2.77. The fourth-order valence-corrected chi connectivity index (χ4v) is 2.82. The Morgan fingerprint density at radius 3 is 3.18 bits per heavy atom. The number of thioether (sulfide) groups is 1. The molecule has 0 aromatic heterocycles. The summed E-state index contributed by atoms with van der Waals surface area (Å²) in [5, 5.41) is 0. The molecule has 5 heteroatoms. The van der Waals surface area contributed by atoms with E-state index in [9.17, 15) is 0 Å². The summed E-state index contributed by atoms with van der Waals surface area (Å²) in [5.74, 6) is 7.37. The van der Waals surface area contributed by atoms with E-state index in [4.69, 9.17) is 15.3 Å². The van der Waals surface area contributed by atoms with Crippen molar-refractivity contribution in [1.82, 2.24) is 5.43 Å². The van der Waals surface area contributed by atoms with Gasteiger partial charge < -0.3 is 9.47 Å². The van der Waals surface area contributed by atoms with Crippen LogP contribution in [0.4, 0.5) is 0 Å². The number of nitrogens with one attached hydrogen (secondary N) is 1. The normalized spacial score (nSPS) is 20.5. The predicted octanol–water partition coefficient (Wildman–Crippen LogP) is 1.41. The van der Waals surface area contributed by atoms with Crippen LogP contribution < -0.4 is 16.0 Å². The highest BCUT2D eigenvalue weighted by Crippen LogP contribution is 2.35. The van der Waals surface area contributed by atoms with E-state index < -0.39 is 0 Å². The van der Waals surface area contributed by atoms with E-state index in [2.05, 4.69) is 11.5 Å². The first-order valence-corrected chi connectivity index (χ1v) is 6.76. The molecule has 0 amide bonds. The standard InChI is InChI=1S/C12H18N2O2S/c1-2-15-7-9(14-13)11-8-17-12-6-4-3-5-10(12)16-11/h3-6,9,11,14H,2,7-8,13H2,1H3. The van der Waals surface area contributed by atoms with Crippen LogP contribution in [0.25, 0.3) is 0 Å². The van der Waals surface area contributed by atoms with Gasteiger partial charge in [-0.2, -0.15) is 0 Å². The van der Waals surface area contributed by atoms with Gasteiger partial charge in [-0.3, -0.25) is 11.3 Å². The zero-order valence-corrected chi connectivity index (χ0v) is 10.7. The Labute approximate surface area is 106 Å². The maximum absolute atomic E-state index is 5.94. The molecule has 3 N–H and O–H groups in total. The van der Waals surface area contributed by atoms with Crippen LogP contribution in [0.3, 0.4) is 0 Å². The molecular weight excluding hydrogens is 236 g/mol. The monoisotopic (exact) mass is 254 g/mol. The second-order valence-electron chi connectivity index (χ2n) is 3.85. The lowest BCUT2D eigenvalue weighted by Gasteiger charge is -2.31. The van der Waals surface area contributed by atoms with Gasteiger partial charge in [0.15, 0.2) is 0 Å². The number of ether oxygens (including phenoxy) is 2. The van der Waals surface area contributed by atoms with Crippen molar-refractivity contribution in [2.24, 2.45) is 5.84 Å². The molecule has 0 radical (unpaired) electrons. The molecule has 1 aliphatic rings. The molecule has 1 heterocycles. The predicted molar refractivity (Wildman–Crippen MR) is 69.2 cm³/mol. The number of nitrogens with two attached hydrogens (primary N) is 1. The third-order valence-electron chi connectivity index (χ3n) is 2.69. The fraction of sp³-hybridized carbons (Fsp3) is 0.500. The summed E-state index contributed by atoms with van der Waals surface area (Å²) in [6.07, 6.45) is 0.0476. The van der Waals surface area contributed by atoms with Crippen LogP contribution in [0.1, 0.15) is 6.92 Å². The molecular formula is C12H18N2O2S. The molecule has 94 valence electrons. The third kappa shape index (κ3) is 3.13. The average Bonchev–Trinajstić information content (AvgIpc) is 2.39. The van der Waals surface area contributed by atoms with Crippen LogP contribution in [-0.4, -0.2) is 31.1 Å². The van der Waals surface area contributed by atoms with Crippen LogP contribution in [-0.2, 0) is 4.74 Å². The maximum Gasteiger partial charge on any atom is 0.133 e. The number of hydrazine groups is 1. The number of para-hydroxylation sites is 1. The van der Waals surface area contributed by atoms with Crippen LogP contribution in [0.2, 0.25) is 0 Å². The zero-order valence-electron chi connectivity index (χ0n) is 9.89. The molecule has 1 aromatic rings. The number of hydrogen-bond donors (Lipinski definition) is 2. The Balaban J connectivity index is 2.00. The Morgan fingerprint density at radius 2 is 2.41 bits per heavy atom. The van der Waals surface area contributed by atoms with E-state index >= 15 is 0 Å². The Kier molecular flexibility index (Phi) is 4.67. The molecule has 2 unspecified atom stereocenters.